The predicted octanol–water partition coefficient (Wildman–Crippen LogP) is 14.3. The van der Waals surface area contributed by atoms with Gasteiger partial charge in [0.2, 0.25) is 0 Å². The van der Waals surface area contributed by atoms with E-state index < -0.39 is 0 Å². The van der Waals surface area contributed by atoms with Gasteiger partial charge in [-0.1, -0.05) is 151 Å². The van der Waals surface area contributed by atoms with Crippen LogP contribution in [0.3, 0.4) is 0 Å². The standard InChI is InChI=1S/C62H46BN3O/c1-61(2,3)36-27-28-51-44(31-36)45-32-37(62(4,5)6)33-47-57(45)65(51)52-29-35(39-22-16-23-42-41-20-12-15-26-54(41)67-60(39)42)30-53-56(52)63(47)48-34-46-40-19-10-13-24-49(40)64(38-17-8-7-9-18-38)58(46)55-43-21-11-14-25-50(43)66(53)59(48)55/h7-34H,1-6H3. The van der Waals surface area contributed by atoms with Gasteiger partial charge >= 0.3 is 0 Å². The quantitative estimate of drug-likeness (QED) is 0.159. The molecule has 2 aliphatic heterocycles. The summed E-state index contributed by atoms with van der Waals surface area (Å²) in [5.74, 6) is 0. The zero-order valence-electron chi connectivity index (χ0n) is 38.5. The van der Waals surface area contributed by atoms with Crippen LogP contribution >= 0.6 is 0 Å². The molecule has 0 atom stereocenters. The Balaban J connectivity index is 1.18. The minimum Gasteiger partial charge on any atom is -0.455 e. The van der Waals surface area contributed by atoms with E-state index in [4.69, 9.17) is 4.42 Å². The zero-order valence-corrected chi connectivity index (χ0v) is 38.5. The first-order valence-electron chi connectivity index (χ1n) is 23.8. The van der Waals surface area contributed by atoms with Crippen LogP contribution in [-0.2, 0) is 10.8 Å². The highest BCUT2D eigenvalue weighted by Gasteiger charge is 2.43. The number of aromatic nitrogens is 3. The molecule has 318 valence electrons. The van der Waals surface area contributed by atoms with Gasteiger partial charge in [0.05, 0.1) is 27.6 Å². The van der Waals surface area contributed by atoms with Crippen LogP contribution in [-0.4, -0.2) is 20.4 Å². The van der Waals surface area contributed by atoms with Crippen LogP contribution in [0.25, 0.3) is 116 Å². The lowest BCUT2D eigenvalue weighted by atomic mass is 9.34. The van der Waals surface area contributed by atoms with Crippen LogP contribution in [0.4, 0.5) is 0 Å². The summed E-state index contributed by atoms with van der Waals surface area (Å²) >= 11 is 0. The molecule has 2 aliphatic rings. The molecule has 0 fully saturated rings. The van der Waals surface area contributed by atoms with E-state index >= 15 is 0 Å². The van der Waals surface area contributed by atoms with Crippen LogP contribution in [0.2, 0.25) is 0 Å². The van der Waals surface area contributed by atoms with Crippen molar-refractivity contribution in [2.75, 3.05) is 0 Å². The number of benzene rings is 9. The monoisotopic (exact) mass is 859 g/mol. The largest absolute Gasteiger partial charge is 0.455 e. The molecule has 13 aromatic rings. The molecule has 5 heteroatoms. The Morgan fingerprint density at radius 2 is 1.01 bits per heavy atom. The first-order chi connectivity index (χ1) is 32.5. The van der Waals surface area contributed by atoms with E-state index in [-0.39, 0.29) is 17.5 Å². The molecule has 0 N–H and O–H groups in total. The fraction of sp³-hybridized carbons (Fsp3) is 0.129. The maximum Gasteiger partial charge on any atom is 0.252 e. The molecule has 0 saturated heterocycles. The van der Waals surface area contributed by atoms with Gasteiger partial charge in [-0.3, -0.25) is 0 Å². The molecule has 67 heavy (non-hydrogen) atoms. The molecule has 0 aliphatic carbocycles. The fourth-order valence-corrected chi connectivity index (χ4v) is 12.4. The van der Waals surface area contributed by atoms with E-state index in [0.717, 1.165) is 38.8 Å². The van der Waals surface area contributed by atoms with Gasteiger partial charge in [-0.25, -0.2) is 0 Å². The first-order valence-corrected chi connectivity index (χ1v) is 23.8. The zero-order chi connectivity index (χ0) is 44.8. The Bertz CT molecular complexity index is 4350. The number of hydrogen-bond donors (Lipinski definition) is 0. The molecule has 15 rings (SSSR count). The van der Waals surface area contributed by atoms with Crippen molar-refractivity contribution in [1.82, 2.24) is 13.7 Å². The summed E-state index contributed by atoms with van der Waals surface area (Å²) in [5.41, 5.74) is 21.9. The Hall–Kier alpha value is -7.76. The molecule has 4 nitrogen and oxygen atoms in total. The Morgan fingerprint density at radius 3 is 1.78 bits per heavy atom. The van der Waals surface area contributed by atoms with Crippen LogP contribution in [0.15, 0.2) is 174 Å². The minimum absolute atomic E-state index is 0.00718. The van der Waals surface area contributed by atoms with Gasteiger partial charge in [0.25, 0.3) is 6.71 Å². The lowest BCUT2D eigenvalue weighted by Crippen LogP contribution is -2.59. The summed E-state index contributed by atoms with van der Waals surface area (Å²) in [6.45, 7) is 14.1. The molecule has 9 aromatic carbocycles. The highest BCUT2D eigenvalue weighted by atomic mass is 16.3. The van der Waals surface area contributed by atoms with E-state index in [1.165, 1.54) is 104 Å². The smallest absolute Gasteiger partial charge is 0.252 e. The molecule has 0 bridgehead atoms. The number of para-hydroxylation sites is 5. The van der Waals surface area contributed by atoms with E-state index in [0.29, 0.717) is 0 Å². The maximum atomic E-state index is 6.83. The summed E-state index contributed by atoms with van der Waals surface area (Å²) in [7, 11) is 0. The average molecular weight is 860 g/mol. The third-order valence-corrected chi connectivity index (χ3v) is 15.5. The molecule has 4 aromatic heterocycles. The highest BCUT2D eigenvalue weighted by molar-refractivity contribution is 7.00. The van der Waals surface area contributed by atoms with Crippen molar-refractivity contribution >= 4 is 110 Å². The summed E-state index contributed by atoms with van der Waals surface area (Å²) in [6, 6.07) is 64.1. The lowest BCUT2D eigenvalue weighted by molar-refractivity contribution is 0.590. The normalized spacial score (nSPS) is 13.5. The van der Waals surface area contributed by atoms with Gasteiger partial charge in [-0.15, -0.1) is 0 Å². The SMILES string of the molecule is CC(C)(C)c1ccc2c(c1)c1cc(C(C)(C)C)cc3c1n2-c1cc(-c2cccc4c2oc2ccccc24)cc2c1B3c1cc3c4ccccc4n(-c4ccccc4)c3c3c4ccccc4n-2c13. The van der Waals surface area contributed by atoms with Gasteiger partial charge in [-0.05, 0) is 105 Å². The predicted molar refractivity (Wildman–Crippen MR) is 284 cm³/mol. The van der Waals surface area contributed by atoms with Gasteiger partial charge in [-0.2, -0.15) is 0 Å². The van der Waals surface area contributed by atoms with Crippen LogP contribution in [0, 0.1) is 0 Å². The number of hydrogen-bond acceptors (Lipinski definition) is 1. The summed E-state index contributed by atoms with van der Waals surface area (Å²) in [6.07, 6.45) is 0. The van der Waals surface area contributed by atoms with Crippen molar-refractivity contribution in [2.24, 2.45) is 0 Å². The second-order valence-electron chi connectivity index (χ2n) is 21.3. The van der Waals surface area contributed by atoms with E-state index in [2.05, 4.69) is 225 Å². The number of fused-ring (bicyclic) bond motifs is 17. The van der Waals surface area contributed by atoms with Crippen LogP contribution < -0.4 is 16.4 Å². The molecule has 0 saturated carbocycles. The van der Waals surface area contributed by atoms with Gasteiger partial charge in [0.15, 0.2) is 0 Å². The topological polar surface area (TPSA) is 27.9 Å². The third-order valence-electron chi connectivity index (χ3n) is 15.5. The van der Waals surface area contributed by atoms with Crippen molar-refractivity contribution in [1.29, 1.82) is 0 Å². The van der Waals surface area contributed by atoms with Crippen molar-refractivity contribution in [3.63, 3.8) is 0 Å². The molecular formula is C62H46BN3O. The van der Waals surface area contributed by atoms with Crippen molar-refractivity contribution < 1.29 is 4.42 Å². The van der Waals surface area contributed by atoms with Gasteiger partial charge in [0.1, 0.15) is 11.2 Å². The molecule has 0 spiro atoms. The minimum atomic E-state index is -0.0784. The number of rotatable bonds is 2. The Labute approximate surface area is 388 Å². The lowest BCUT2D eigenvalue weighted by Gasteiger charge is -2.35. The molecular weight excluding hydrogens is 814 g/mol. The number of nitrogens with zero attached hydrogens (tertiary/aromatic N) is 3. The molecule has 0 amide bonds. The molecule has 0 unspecified atom stereocenters. The summed E-state index contributed by atoms with van der Waals surface area (Å²) in [4.78, 5) is 0. The van der Waals surface area contributed by atoms with Crippen molar-refractivity contribution in [2.45, 2.75) is 52.4 Å². The second kappa shape index (κ2) is 12.6. The maximum absolute atomic E-state index is 6.83. The molecule has 6 heterocycles. The summed E-state index contributed by atoms with van der Waals surface area (Å²) < 4.78 is 14.6. The van der Waals surface area contributed by atoms with Crippen molar-refractivity contribution in [3.8, 4) is 28.2 Å². The summed E-state index contributed by atoms with van der Waals surface area (Å²) in [5, 5.41) is 10.0. The third kappa shape index (κ3) is 4.78. The number of furan rings is 1. The fourth-order valence-electron chi connectivity index (χ4n) is 12.4. The van der Waals surface area contributed by atoms with Crippen LogP contribution in [0.1, 0.15) is 52.7 Å². The molecule has 0 radical (unpaired) electrons. The van der Waals surface area contributed by atoms with Gasteiger partial charge < -0.3 is 18.1 Å². The van der Waals surface area contributed by atoms with Crippen LogP contribution in [0.5, 0.6) is 0 Å². The van der Waals surface area contributed by atoms with Gasteiger partial charge in [0, 0.05) is 71.2 Å². The van der Waals surface area contributed by atoms with E-state index in [1.54, 1.807) is 0 Å². The Morgan fingerprint density at radius 1 is 0.418 bits per heavy atom. The second-order valence-corrected chi connectivity index (χ2v) is 21.3. The first kappa shape index (κ1) is 37.5. The van der Waals surface area contributed by atoms with E-state index in [1.807, 2.05) is 0 Å². The average Bonchev–Trinajstić information content (AvgIpc) is 4.08. The Kier molecular flexibility index (Phi) is 7.03. The van der Waals surface area contributed by atoms with E-state index in [9.17, 15) is 0 Å². The highest BCUT2D eigenvalue weighted by Crippen LogP contribution is 2.47. The van der Waals surface area contributed by atoms with Crippen molar-refractivity contribution in [3.05, 3.63) is 181 Å².